The molecule has 0 atom stereocenters. The molecule has 0 fully saturated rings. The van der Waals surface area contributed by atoms with E-state index in [1.165, 1.54) is 0 Å². The number of hydrogen-bond donors (Lipinski definition) is 4. The Balaban J connectivity index is 2.33. The highest BCUT2D eigenvalue weighted by Crippen LogP contribution is 2.37. The van der Waals surface area contributed by atoms with E-state index in [2.05, 4.69) is 10.6 Å². The van der Waals surface area contributed by atoms with Gasteiger partial charge in [-0.3, -0.25) is 4.79 Å². The summed E-state index contributed by atoms with van der Waals surface area (Å²) in [6.45, 7) is 4.03. The molecule has 2 rings (SSSR count). The molecule has 110 valence electrons. The van der Waals surface area contributed by atoms with Gasteiger partial charge in [0, 0.05) is 6.07 Å². The highest BCUT2D eigenvalue weighted by atomic mass is 16.5. The van der Waals surface area contributed by atoms with Crippen molar-refractivity contribution in [2.24, 2.45) is 0 Å². The number of fused-ring (bicyclic) bond motifs is 1. The van der Waals surface area contributed by atoms with E-state index in [4.69, 9.17) is 10.5 Å². The van der Waals surface area contributed by atoms with E-state index in [0.29, 0.717) is 22.8 Å². The summed E-state index contributed by atoms with van der Waals surface area (Å²) < 4.78 is 5.31. The monoisotopic (exact) mass is 279 g/mol. The zero-order valence-electron chi connectivity index (χ0n) is 11.8. The lowest BCUT2D eigenvalue weighted by molar-refractivity contribution is -0.118. The molecule has 6 nitrogen and oxygen atoms in total. The summed E-state index contributed by atoms with van der Waals surface area (Å²) in [7, 11) is 0. The number of nitrogen functional groups attached to an aromatic ring is 1. The lowest BCUT2D eigenvalue weighted by atomic mass is 9.93. The van der Waals surface area contributed by atoms with Crippen molar-refractivity contribution in [3.63, 3.8) is 0 Å². The number of nitrogens with one attached hydrogen (secondary N) is 2. The van der Waals surface area contributed by atoms with Gasteiger partial charge in [0.2, 0.25) is 0 Å². The number of aliphatic hydroxyl groups is 1. The number of carbonyl (C=O) groups is 1. The van der Waals surface area contributed by atoms with Crippen molar-refractivity contribution in [2.45, 2.75) is 32.2 Å². The normalized spacial score (nSPS) is 14.2. The van der Waals surface area contributed by atoms with Crippen LogP contribution in [0.25, 0.3) is 0 Å². The van der Waals surface area contributed by atoms with E-state index >= 15 is 0 Å². The van der Waals surface area contributed by atoms with Gasteiger partial charge in [0.25, 0.3) is 5.91 Å². The van der Waals surface area contributed by atoms with E-state index < -0.39 is 5.54 Å². The van der Waals surface area contributed by atoms with Crippen LogP contribution in [0.5, 0.6) is 5.75 Å². The second-order valence-corrected chi connectivity index (χ2v) is 5.04. The molecular formula is C14H21N3O3. The molecule has 0 saturated carbocycles. The highest BCUT2D eigenvalue weighted by molar-refractivity contribution is 5.97. The number of benzene rings is 1. The Hall–Kier alpha value is -1.95. The third-order valence-corrected chi connectivity index (χ3v) is 3.84. The maximum atomic E-state index is 11.3. The van der Waals surface area contributed by atoms with Crippen molar-refractivity contribution in [3.8, 4) is 5.75 Å². The molecule has 6 heteroatoms. The van der Waals surface area contributed by atoms with Crippen molar-refractivity contribution in [1.29, 1.82) is 0 Å². The fraction of sp³-hybridized carbons (Fsp3) is 0.500. The predicted molar refractivity (Wildman–Crippen MR) is 79.0 cm³/mol. The fourth-order valence-electron chi connectivity index (χ4n) is 2.23. The van der Waals surface area contributed by atoms with E-state index in [1.54, 1.807) is 12.1 Å². The first kappa shape index (κ1) is 14.5. The Kier molecular flexibility index (Phi) is 4.04. The van der Waals surface area contributed by atoms with Crippen LogP contribution in [0.15, 0.2) is 12.1 Å². The molecule has 0 aliphatic carbocycles. The number of anilines is 3. The molecule has 1 heterocycles. The van der Waals surface area contributed by atoms with Gasteiger partial charge in [-0.25, -0.2) is 0 Å². The van der Waals surface area contributed by atoms with Gasteiger partial charge in [-0.2, -0.15) is 0 Å². The second-order valence-electron chi connectivity index (χ2n) is 5.04. The highest BCUT2D eigenvalue weighted by Gasteiger charge is 2.27. The van der Waals surface area contributed by atoms with E-state index in [0.717, 1.165) is 12.8 Å². The Morgan fingerprint density at radius 1 is 1.45 bits per heavy atom. The molecule has 0 radical (unpaired) electrons. The quantitative estimate of drug-likeness (QED) is 0.613. The maximum Gasteiger partial charge on any atom is 0.262 e. The van der Waals surface area contributed by atoms with Gasteiger partial charge in [0.15, 0.2) is 6.61 Å². The Bertz CT molecular complexity index is 504. The molecule has 5 N–H and O–H groups in total. The molecule has 1 aliphatic rings. The van der Waals surface area contributed by atoms with Crippen molar-refractivity contribution in [3.05, 3.63) is 12.1 Å². The second kappa shape index (κ2) is 5.58. The van der Waals surface area contributed by atoms with Gasteiger partial charge in [0.05, 0.1) is 29.2 Å². The third-order valence-electron chi connectivity index (χ3n) is 3.84. The number of amides is 1. The van der Waals surface area contributed by atoms with E-state index in [9.17, 15) is 9.90 Å². The molecule has 0 saturated heterocycles. The lowest BCUT2D eigenvalue weighted by Gasteiger charge is -2.33. The van der Waals surface area contributed by atoms with Crippen LogP contribution in [0.3, 0.4) is 0 Å². The number of aliphatic hydroxyl groups excluding tert-OH is 1. The molecular weight excluding hydrogens is 258 g/mol. The van der Waals surface area contributed by atoms with Crippen LogP contribution < -0.4 is 21.1 Å². The minimum absolute atomic E-state index is 0.00368. The van der Waals surface area contributed by atoms with Crippen LogP contribution in [-0.4, -0.2) is 29.8 Å². The van der Waals surface area contributed by atoms with Gasteiger partial charge in [-0.15, -0.1) is 0 Å². The van der Waals surface area contributed by atoms with Crippen LogP contribution in [0.2, 0.25) is 0 Å². The summed E-state index contributed by atoms with van der Waals surface area (Å²) >= 11 is 0. The minimum atomic E-state index is -0.415. The van der Waals surface area contributed by atoms with Crippen LogP contribution >= 0.6 is 0 Å². The van der Waals surface area contributed by atoms with Crippen molar-refractivity contribution in [2.75, 3.05) is 29.6 Å². The van der Waals surface area contributed by atoms with E-state index in [-0.39, 0.29) is 19.1 Å². The average molecular weight is 279 g/mol. The Labute approximate surface area is 118 Å². The Morgan fingerprint density at radius 3 is 2.75 bits per heavy atom. The first-order valence-electron chi connectivity index (χ1n) is 6.78. The summed E-state index contributed by atoms with van der Waals surface area (Å²) in [6, 6.07) is 3.43. The summed E-state index contributed by atoms with van der Waals surface area (Å²) in [5.41, 5.74) is 7.41. The van der Waals surface area contributed by atoms with Gasteiger partial charge < -0.3 is 26.2 Å². The number of carbonyl (C=O) groups excluding carboxylic acids is 1. The standard InChI is InChI=1S/C14H21N3O3/c1-3-14(4-2,8-18)17-10-6-11-12(5-9(10)15)20-7-13(19)16-11/h5-6,17-18H,3-4,7-8,15H2,1-2H3,(H,16,19). The molecule has 1 aliphatic heterocycles. The van der Waals surface area contributed by atoms with Gasteiger partial charge in [-0.1, -0.05) is 13.8 Å². The van der Waals surface area contributed by atoms with Crippen molar-refractivity contribution >= 4 is 23.0 Å². The van der Waals surface area contributed by atoms with Crippen LogP contribution in [0.1, 0.15) is 26.7 Å². The summed E-state index contributed by atoms with van der Waals surface area (Å²) in [5, 5.41) is 15.6. The number of hydrogen-bond acceptors (Lipinski definition) is 5. The smallest absolute Gasteiger partial charge is 0.262 e. The average Bonchev–Trinajstić information content (AvgIpc) is 2.46. The van der Waals surface area contributed by atoms with Crippen molar-refractivity contribution < 1.29 is 14.6 Å². The molecule has 0 unspecified atom stereocenters. The maximum absolute atomic E-state index is 11.3. The van der Waals surface area contributed by atoms with Gasteiger partial charge in [0.1, 0.15) is 5.75 Å². The third kappa shape index (κ3) is 2.65. The molecule has 20 heavy (non-hydrogen) atoms. The predicted octanol–water partition coefficient (Wildman–Crippen LogP) is 1.56. The summed E-state index contributed by atoms with van der Waals surface area (Å²) in [6.07, 6.45) is 1.53. The molecule has 0 bridgehead atoms. The minimum Gasteiger partial charge on any atom is -0.482 e. The van der Waals surface area contributed by atoms with Gasteiger partial charge >= 0.3 is 0 Å². The van der Waals surface area contributed by atoms with Gasteiger partial charge in [-0.05, 0) is 18.9 Å². The molecule has 1 aromatic carbocycles. The number of ether oxygens (including phenoxy) is 1. The SMILES string of the molecule is CCC(CC)(CO)Nc1cc2c(cc1N)OCC(=O)N2. The zero-order chi connectivity index (χ0) is 14.8. The number of nitrogens with two attached hydrogens (primary N) is 1. The van der Waals surface area contributed by atoms with Crippen LogP contribution in [-0.2, 0) is 4.79 Å². The summed E-state index contributed by atoms with van der Waals surface area (Å²) in [4.78, 5) is 11.3. The molecule has 0 aromatic heterocycles. The Morgan fingerprint density at radius 2 is 2.15 bits per heavy atom. The fourth-order valence-corrected chi connectivity index (χ4v) is 2.23. The van der Waals surface area contributed by atoms with Crippen molar-refractivity contribution in [1.82, 2.24) is 0 Å². The van der Waals surface area contributed by atoms with Crippen LogP contribution in [0, 0.1) is 0 Å². The zero-order valence-corrected chi connectivity index (χ0v) is 11.8. The first-order valence-corrected chi connectivity index (χ1v) is 6.78. The molecule has 1 aromatic rings. The van der Waals surface area contributed by atoms with E-state index in [1.807, 2.05) is 13.8 Å². The first-order chi connectivity index (χ1) is 9.53. The largest absolute Gasteiger partial charge is 0.482 e. The number of rotatable bonds is 5. The van der Waals surface area contributed by atoms with Crippen LogP contribution in [0.4, 0.5) is 17.1 Å². The topological polar surface area (TPSA) is 96.6 Å². The summed E-state index contributed by atoms with van der Waals surface area (Å²) in [5.74, 6) is 0.378. The lowest BCUT2D eigenvalue weighted by Crippen LogP contribution is -2.41. The molecule has 1 amide bonds. The molecule has 0 spiro atoms.